The first-order chi connectivity index (χ1) is 14.5. The molecule has 2 heterocycles. The number of anilines is 2. The fraction of sp³-hybridized carbons (Fsp3) is 0.389. The highest BCUT2D eigenvalue weighted by Gasteiger charge is 2.32. The van der Waals surface area contributed by atoms with Gasteiger partial charge in [0, 0.05) is 19.3 Å². The molecule has 0 saturated carbocycles. The van der Waals surface area contributed by atoms with Gasteiger partial charge in [0.15, 0.2) is 11.6 Å². The molecule has 0 aliphatic carbocycles. The van der Waals surface area contributed by atoms with Crippen molar-refractivity contribution in [2.45, 2.75) is 18.6 Å². The summed E-state index contributed by atoms with van der Waals surface area (Å²) in [6, 6.07) is 1.39. The van der Waals surface area contributed by atoms with E-state index < -0.39 is 45.2 Å². The zero-order chi connectivity index (χ0) is 22.9. The number of benzene rings is 1. The number of aliphatic hydroxyl groups excluding tert-OH is 1. The van der Waals surface area contributed by atoms with Crippen LogP contribution in [0.4, 0.5) is 20.5 Å². The van der Waals surface area contributed by atoms with Crippen molar-refractivity contribution in [1.82, 2.24) is 14.3 Å². The number of aliphatic hydroxyl groups is 1. The predicted molar refractivity (Wildman–Crippen MR) is 107 cm³/mol. The van der Waals surface area contributed by atoms with Crippen LogP contribution in [0.1, 0.15) is 22.3 Å². The first kappa shape index (κ1) is 22.8. The third kappa shape index (κ3) is 4.73. The topological polar surface area (TPSA) is 148 Å². The van der Waals surface area contributed by atoms with Crippen LogP contribution in [0.5, 0.6) is 5.75 Å². The number of ketones is 1. The standard InChI is InChI=1S/C18H21F2N5O5S/c1-30-13-4-3-10(19)15(20)14(13)16(27)9-7-22-18(24-17(9)21)23-11-5-6-25(8-12(11)26)31(2,28)29/h3-4,7,11-12,26H,5-6,8H2,1-2H3,(H3,21,22,23,24)/t11-,12+/m0/s1. The summed E-state index contributed by atoms with van der Waals surface area (Å²) >= 11 is 0. The number of nitrogen functional groups attached to an aromatic ring is 1. The molecule has 1 aromatic heterocycles. The van der Waals surface area contributed by atoms with Crippen molar-refractivity contribution in [3.63, 3.8) is 0 Å². The number of aromatic nitrogens is 2. The molecule has 0 bridgehead atoms. The van der Waals surface area contributed by atoms with Crippen LogP contribution in [-0.4, -0.2) is 72.2 Å². The lowest BCUT2D eigenvalue weighted by Gasteiger charge is -2.34. The van der Waals surface area contributed by atoms with Gasteiger partial charge in [-0.2, -0.15) is 9.29 Å². The smallest absolute Gasteiger partial charge is 0.224 e. The maximum atomic E-state index is 14.2. The molecule has 0 spiro atoms. The number of hydrogen-bond acceptors (Lipinski definition) is 9. The first-order valence-electron chi connectivity index (χ1n) is 9.11. The Morgan fingerprint density at radius 3 is 2.68 bits per heavy atom. The number of carbonyl (C=O) groups is 1. The zero-order valence-corrected chi connectivity index (χ0v) is 17.5. The lowest BCUT2D eigenvalue weighted by Crippen LogP contribution is -2.51. The molecule has 13 heteroatoms. The van der Waals surface area contributed by atoms with Gasteiger partial charge in [-0.25, -0.2) is 22.2 Å². The van der Waals surface area contributed by atoms with Gasteiger partial charge < -0.3 is 20.9 Å². The number of nitrogens with one attached hydrogen (secondary N) is 1. The number of nitrogens with zero attached hydrogens (tertiary/aromatic N) is 3. The van der Waals surface area contributed by atoms with E-state index in [4.69, 9.17) is 10.5 Å². The van der Waals surface area contributed by atoms with Crippen LogP contribution in [0.3, 0.4) is 0 Å². The van der Waals surface area contributed by atoms with Crippen LogP contribution in [0.15, 0.2) is 18.3 Å². The van der Waals surface area contributed by atoms with Gasteiger partial charge in [0.05, 0.1) is 31.1 Å². The van der Waals surface area contributed by atoms with E-state index in [0.29, 0.717) is 0 Å². The van der Waals surface area contributed by atoms with Gasteiger partial charge in [-0.05, 0) is 18.6 Å². The van der Waals surface area contributed by atoms with Crippen LogP contribution in [0, 0.1) is 11.6 Å². The number of methoxy groups -OCH3 is 1. The summed E-state index contributed by atoms with van der Waals surface area (Å²) in [6.45, 7) is 0.0967. The number of rotatable bonds is 6. The van der Waals surface area contributed by atoms with Crippen molar-refractivity contribution in [3.8, 4) is 5.75 Å². The SMILES string of the molecule is COc1ccc(F)c(F)c1C(=O)c1cnc(N[C@H]2CCN(S(C)(=O)=O)C[C@H]2O)nc1N. The lowest BCUT2D eigenvalue weighted by atomic mass is 10.0. The molecule has 31 heavy (non-hydrogen) atoms. The Labute approximate surface area is 177 Å². The number of carbonyl (C=O) groups excluding carboxylic acids is 1. The maximum absolute atomic E-state index is 14.2. The summed E-state index contributed by atoms with van der Waals surface area (Å²) in [5.74, 6) is -4.05. The van der Waals surface area contributed by atoms with Gasteiger partial charge in [-0.3, -0.25) is 4.79 Å². The van der Waals surface area contributed by atoms with Crippen LogP contribution >= 0.6 is 0 Å². The third-order valence-electron chi connectivity index (χ3n) is 4.89. The van der Waals surface area contributed by atoms with Crippen LogP contribution in [-0.2, 0) is 10.0 Å². The second kappa shape index (κ2) is 8.69. The Bertz CT molecular complexity index is 1110. The van der Waals surface area contributed by atoms with Crippen LogP contribution in [0.2, 0.25) is 0 Å². The molecule has 0 amide bonds. The summed E-state index contributed by atoms with van der Waals surface area (Å²) < 4.78 is 57.2. The third-order valence-corrected chi connectivity index (χ3v) is 6.16. The van der Waals surface area contributed by atoms with Crippen molar-refractivity contribution in [3.05, 3.63) is 41.1 Å². The second-order valence-corrected chi connectivity index (χ2v) is 8.97. The molecular weight excluding hydrogens is 436 g/mol. The van der Waals surface area contributed by atoms with Gasteiger partial charge in [0.1, 0.15) is 17.1 Å². The highest BCUT2D eigenvalue weighted by atomic mass is 32.2. The minimum absolute atomic E-state index is 0.0161. The van der Waals surface area contributed by atoms with Gasteiger partial charge in [0.25, 0.3) is 0 Å². The van der Waals surface area contributed by atoms with E-state index in [1.165, 1.54) is 7.11 Å². The molecule has 4 N–H and O–H groups in total. The van der Waals surface area contributed by atoms with Gasteiger partial charge in [0.2, 0.25) is 21.8 Å². The molecule has 168 valence electrons. The Hall–Kier alpha value is -2.90. The lowest BCUT2D eigenvalue weighted by molar-refractivity contribution is 0.0950. The molecule has 2 aromatic rings. The van der Waals surface area contributed by atoms with Crippen molar-refractivity contribution < 1.29 is 31.8 Å². The Kier molecular flexibility index (Phi) is 6.38. The number of sulfonamides is 1. The summed E-state index contributed by atoms with van der Waals surface area (Å²) in [5.41, 5.74) is 4.94. The number of nitrogens with two attached hydrogens (primary N) is 1. The Morgan fingerprint density at radius 1 is 1.39 bits per heavy atom. The fourth-order valence-corrected chi connectivity index (χ4v) is 4.09. The summed E-state index contributed by atoms with van der Waals surface area (Å²) in [7, 11) is -2.22. The Morgan fingerprint density at radius 2 is 2.10 bits per heavy atom. The fourth-order valence-electron chi connectivity index (χ4n) is 3.23. The molecule has 1 fully saturated rings. The molecule has 0 unspecified atom stereocenters. The van der Waals surface area contributed by atoms with Gasteiger partial charge in [-0.1, -0.05) is 0 Å². The summed E-state index contributed by atoms with van der Waals surface area (Å²) in [6.07, 6.45) is 1.36. The highest BCUT2D eigenvalue weighted by Crippen LogP contribution is 2.28. The molecule has 1 aliphatic heterocycles. The highest BCUT2D eigenvalue weighted by molar-refractivity contribution is 7.88. The molecule has 3 rings (SSSR count). The van der Waals surface area contributed by atoms with Crippen LogP contribution < -0.4 is 15.8 Å². The number of β-amino-alcohol motifs (C(OH)–C–C–N with tert-alkyl or cyclic N) is 1. The minimum atomic E-state index is -3.43. The normalized spacial score (nSPS) is 19.8. The number of hydrogen-bond donors (Lipinski definition) is 3. The van der Waals surface area contributed by atoms with E-state index in [9.17, 15) is 27.1 Å². The van der Waals surface area contributed by atoms with E-state index >= 15 is 0 Å². The maximum Gasteiger partial charge on any atom is 0.224 e. The summed E-state index contributed by atoms with van der Waals surface area (Å²) in [5, 5.41) is 13.1. The zero-order valence-electron chi connectivity index (χ0n) is 16.7. The molecule has 1 aromatic carbocycles. The van der Waals surface area contributed by atoms with Crippen molar-refractivity contribution in [1.29, 1.82) is 0 Å². The quantitative estimate of drug-likeness (QED) is 0.524. The molecule has 2 atom stereocenters. The second-order valence-electron chi connectivity index (χ2n) is 6.99. The van der Waals surface area contributed by atoms with Crippen molar-refractivity contribution in [2.75, 3.05) is 37.5 Å². The molecule has 1 aliphatic rings. The van der Waals surface area contributed by atoms with E-state index in [1.807, 2.05) is 0 Å². The predicted octanol–water partition coefficient (Wildman–Crippen LogP) is 0.383. The summed E-state index contributed by atoms with van der Waals surface area (Å²) in [4.78, 5) is 20.7. The average Bonchev–Trinajstić information content (AvgIpc) is 2.70. The Balaban J connectivity index is 1.80. The van der Waals surface area contributed by atoms with E-state index in [0.717, 1.165) is 28.9 Å². The van der Waals surface area contributed by atoms with Crippen molar-refractivity contribution in [2.24, 2.45) is 0 Å². The van der Waals surface area contributed by atoms with E-state index in [1.54, 1.807) is 0 Å². The number of halogens is 2. The number of piperidine rings is 1. The number of ether oxygens (including phenoxy) is 1. The molecule has 10 nitrogen and oxygen atoms in total. The molecule has 0 radical (unpaired) electrons. The first-order valence-corrected chi connectivity index (χ1v) is 11.0. The monoisotopic (exact) mass is 457 g/mol. The van der Waals surface area contributed by atoms with Gasteiger partial charge >= 0.3 is 0 Å². The van der Waals surface area contributed by atoms with E-state index in [2.05, 4.69) is 15.3 Å². The van der Waals surface area contributed by atoms with Crippen molar-refractivity contribution >= 4 is 27.6 Å². The molecule has 1 saturated heterocycles. The van der Waals surface area contributed by atoms with Crippen LogP contribution in [0.25, 0.3) is 0 Å². The average molecular weight is 457 g/mol. The van der Waals surface area contributed by atoms with Gasteiger partial charge in [-0.15, -0.1) is 0 Å². The minimum Gasteiger partial charge on any atom is -0.496 e. The largest absolute Gasteiger partial charge is 0.496 e. The molecular formula is C18H21F2N5O5S. The van der Waals surface area contributed by atoms with E-state index in [-0.39, 0.29) is 42.6 Å².